The van der Waals surface area contributed by atoms with Crippen molar-refractivity contribution >= 4 is 0 Å². The Morgan fingerprint density at radius 2 is 1.48 bits per heavy atom. The normalized spacial score (nSPS) is 14.8. The molecule has 0 radical (unpaired) electrons. The first-order valence-electron chi connectivity index (χ1n) is 7.91. The van der Waals surface area contributed by atoms with Crippen LogP contribution >= 0.6 is 0 Å². The molecule has 0 aliphatic heterocycles. The molecule has 0 bridgehead atoms. The molecular formula is C21H22. The standard InChI is InChI=1S/C21H22/c1-16-7-10-18(11-8-16)12-14-20-13-9-17(2)15-21(20)19-5-3-4-6-19/h7-11,13,15,19H,3-6H2,1-2H3. The molecule has 0 spiro atoms. The summed E-state index contributed by atoms with van der Waals surface area (Å²) < 4.78 is 0. The maximum absolute atomic E-state index is 3.40. The quantitative estimate of drug-likeness (QED) is 0.614. The lowest BCUT2D eigenvalue weighted by Gasteiger charge is -2.13. The summed E-state index contributed by atoms with van der Waals surface area (Å²) in [5.74, 6) is 7.44. The average molecular weight is 274 g/mol. The molecule has 0 saturated heterocycles. The van der Waals surface area contributed by atoms with Gasteiger partial charge in [0.25, 0.3) is 0 Å². The molecule has 1 aliphatic carbocycles. The van der Waals surface area contributed by atoms with Gasteiger partial charge in [0.1, 0.15) is 0 Å². The summed E-state index contributed by atoms with van der Waals surface area (Å²) >= 11 is 0. The van der Waals surface area contributed by atoms with Gasteiger partial charge in [-0.3, -0.25) is 0 Å². The van der Waals surface area contributed by atoms with Crippen LogP contribution in [0.5, 0.6) is 0 Å². The Morgan fingerprint density at radius 3 is 2.19 bits per heavy atom. The van der Waals surface area contributed by atoms with Gasteiger partial charge in [0, 0.05) is 11.1 Å². The zero-order valence-corrected chi connectivity index (χ0v) is 12.9. The first kappa shape index (κ1) is 14.0. The molecule has 2 aromatic rings. The van der Waals surface area contributed by atoms with Crippen LogP contribution in [0.25, 0.3) is 0 Å². The summed E-state index contributed by atoms with van der Waals surface area (Å²) in [5, 5.41) is 0. The Balaban J connectivity index is 1.93. The lowest BCUT2D eigenvalue weighted by molar-refractivity contribution is 0.720. The molecule has 0 unspecified atom stereocenters. The molecule has 0 heteroatoms. The zero-order valence-electron chi connectivity index (χ0n) is 12.9. The first-order chi connectivity index (χ1) is 10.2. The monoisotopic (exact) mass is 274 g/mol. The van der Waals surface area contributed by atoms with Crippen molar-refractivity contribution in [2.45, 2.75) is 45.4 Å². The van der Waals surface area contributed by atoms with Crippen LogP contribution in [0.1, 0.15) is 59.4 Å². The number of benzene rings is 2. The minimum atomic E-state index is 0.715. The second-order valence-corrected chi connectivity index (χ2v) is 6.19. The summed E-state index contributed by atoms with van der Waals surface area (Å²) in [4.78, 5) is 0. The van der Waals surface area contributed by atoms with Crippen LogP contribution in [-0.2, 0) is 0 Å². The fourth-order valence-corrected chi connectivity index (χ4v) is 3.15. The number of hydrogen-bond donors (Lipinski definition) is 0. The van der Waals surface area contributed by atoms with E-state index < -0.39 is 0 Å². The molecule has 0 atom stereocenters. The van der Waals surface area contributed by atoms with Crippen LogP contribution < -0.4 is 0 Å². The second kappa shape index (κ2) is 6.19. The third kappa shape index (κ3) is 3.37. The molecule has 1 fully saturated rings. The van der Waals surface area contributed by atoms with E-state index in [4.69, 9.17) is 0 Å². The van der Waals surface area contributed by atoms with Crippen LogP contribution in [0, 0.1) is 25.7 Å². The van der Waals surface area contributed by atoms with Gasteiger partial charge >= 0.3 is 0 Å². The third-order valence-electron chi connectivity index (χ3n) is 4.40. The van der Waals surface area contributed by atoms with Gasteiger partial charge in [-0.1, -0.05) is 60.1 Å². The van der Waals surface area contributed by atoms with Gasteiger partial charge in [0.15, 0.2) is 0 Å². The van der Waals surface area contributed by atoms with Crippen LogP contribution in [0.3, 0.4) is 0 Å². The van der Waals surface area contributed by atoms with E-state index in [1.54, 1.807) is 0 Å². The maximum atomic E-state index is 3.40. The van der Waals surface area contributed by atoms with Gasteiger partial charge in [0.05, 0.1) is 0 Å². The van der Waals surface area contributed by atoms with E-state index in [1.165, 1.54) is 47.9 Å². The summed E-state index contributed by atoms with van der Waals surface area (Å²) in [6.45, 7) is 4.28. The zero-order chi connectivity index (χ0) is 14.7. The van der Waals surface area contributed by atoms with E-state index >= 15 is 0 Å². The lowest BCUT2D eigenvalue weighted by atomic mass is 9.91. The predicted molar refractivity (Wildman–Crippen MR) is 89.5 cm³/mol. The van der Waals surface area contributed by atoms with Crippen molar-refractivity contribution in [1.82, 2.24) is 0 Å². The smallest absolute Gasteiger partial charge is 0.0284 e. The molecular weight excluding hydrogens is 252 g/mol. The summed E-state index contributed by atoms with van der Waals surface area (Å²) in [6.07, 6.45) is 5.37. The number of aryl methyl sites for hydroxylation is 2. The van der Waals surface area contributed by atoms with E-state index in [-0.39, 0.29) is 0 Å². The van der Waals surface area contributed by atoms with Gasteiger partial charge in [-0.25, -0.2) is 0 Å². The summed E-state index contributed by atoms with van der Waals surface area (Å²) in [5.41, 5.74) is 6.40. The van der Waals surface area contributed by atoms with Crippen LogP contribution in [-0.4, -0.2) is 0 Å². The third-order valence-corrected chi connectivity index (χ3v) is 4.40. The van der Waals surface area contributed by atoms with Crippen molar-refractivity contribution in [1.29, 1.82) is 0 Å². The van der Waals surface area contributed by atoms with Crippen molar-refractivity contribution in [3.63, 3.8) is 0 Å². The SMILES string of the molecule is Cc1ccc(C#Cc2ccc(C)cc2C2CCCC2)cc1. The number of hydrogen-bond acceptors (Lipinski definition) is 0. The molecule has 1 saturated carbocycles. The van der Waals surface area contributed by atoms with Crippen LogP contribution in [0.15, 0.2) is 42.5 Å². The highest BCUT2D eigenvalue weighted by Crippen LogP contribution is 2.36. The van der Waals surface area contributed by atoms with Crippen LogP contribution in [0.2, 0.25) is 0 Å². The Morgan fingerprint density at radius 1 is 0.810 bits per heavy atom. The fraction of sp³-hybridized carbons (Fsp3) is 0.333. The van der Waals surface area contributed by atoms with E-state index in [0.717, 1.165) is 5.56 Å². The van der Waals surface area contributed by atoms with Crippen molar-refractivity contribution in [3.8, 4) is 11.8 Å². The highest BCUT2D eigenvalue weighted by molar-refractivity contribution is 5.49. The topological polar surface area (TPSA) is 0 Å². The molecule has 0 aromatic heterocycles. The van der Waals surface area contributed by atoms with Crippen molar-refractivity contribution in [3.05, 3.63) is 70.3 Å². The molecule has 0 nitrogen and oxygen atoms in total. The highest BCUT2D eigenvalue weighted by Gasteiger charge is 2.19. The fourth-order valence-electron chi connectivity index (χ4n) is 3.15. The number of rotatable bonds is 1. The molecule has 0 heterocycles. The Labute approximate surface area is 128 Å². The van der Waals surface area contributed by atoms with Crippen molar-refractivity contribution in [2.75, 3.05) is 0 Å². The average Bonchev–Trinajstić information content (AvgIpc) is 3.02. The second-order valence-electron chi connectivity index (χ2n) is 6.19. The largest absolute Gasteiger partial charge is 0.0616 e. The first-order valence-corrected chi connectivity index (χ1v) is 7.91. The van der Waals surface area contributed by atoms with Gasteiger partial charge in [-0.2, -0.15) is 0 Å². The minimum Gasteiger partial charge on any atom is -0.0616 e. The Hall–Kier alpha value is -2.00. The van der Waals surface area contributed by atoms with Gasteiger partial charge < -0.3 is 0 Å². The van der Waals surface area contributed by atoms with E-state index in [0.29, 0.717) is 5.92 Å². The van der Waals surface area contributed by atoms with Gasteiger partial charge in [-0.15, -0.1) is 0 Å². The lowest BCUT2D eigenvalue weighted by Crippen LogP contribution is -1.97. The van der Waals surface area contributed by atoms with Crippen molar-refractivity contribution < 1.29 is 0 Å². The molecule has 106 valence electrons. The summed E-state index contributed by atoms with van der Waals surface area (Å²) in [6, 6.07) is 15.2. The van der Waals surface area contributed by atoms with Gasteiger partial charge in [0.2, 0.25) is 0 Å². The maximum Gasteiger partial charge on any atom is 0.0284 e. The molecule has 2 aromatic carbocycles. The van der Waals surface area contributed by atoms with E-state index in [2.05, 4.69) is 68.2 Å². The van der Waals surface area contributed by atoms with Crippen LogP contribution in [0.4, 0.5) is 0 Å². The van der Waals surface area contributed by atoms with Crippen molar-refractivity contribution in [2.24, 2.45) is 0 Å². The van der Waals surface area contributed by atoms with E-state index in [1.807, 2.05) is 0 Å². The molecule has 1 aliphatic rings. The predicted octanol–water partition coefficient (Wildman–Crippen LogP) is 5.36. The Bertz CT molecular complexity index is 674. The molecule has 21 heavy (non-hydrogen) atoms. The molecule has 0 N–H and O–H groups in total. The molecule has 0 amide bonds. The summed E-state index contributed by atoms with van der Waals surface area (Å²) in [7, 11) is 0. The molecule has 3 rings (SSSR count). The Kier molecular flexibility index (Phi) is 4.11. The van der Waals surface area contributed by atoms with E-state index in [9.17, 15) is 0 Å². The highest BCUT2D eigenvalue weighted by atomic mass is 14.2. The minimum absolute atomic E-state index is 0.715. The van der Waals surface area contributed by atoms with Gasteiger partial charge in [-0.05, 0) is 56.4 Å².